The smallest absolute Gasteiger partial charge is 0.425 e. The molecule has 0 spiro atoms. The molecule has 0 saturated carbocycles. The van der Waals surface area contributed by atoms with E-state index in [0.29, 0.717) is 18.7 Å². The number of carbonyl (C=O) groups excluding carboxylic acids is 1. The molecule has 3 rings (SSSR count). The second-order valence-electron chi connectivity index (χ2n) is 7.88. The van der Waals surface area contributed by atoms with Crippen molar-refractivity contribution >= 4 is 11.9 Å². The van der Waals surface area contributed by atoms with Crippen LogP contribution in [-0.2, 0) is 26.2 Å². The number of nitrogens with two attached hydrogens (primary N) is 1. The first-order valence-electron chi connectivity index (χ1n) is 9.70. The molecule has 2 aliphatic rings. The predicted molar refractivity (Wildman–Crippen MR) is 101 cm³/mol. The number of aliphatic imine (C=N–C) groups is 1. The lowest BCUT2D eigenvalue weighted by Crippen LogP contribution is -2.46. The molecule has 0 aromatic heterocycles. The van der Waals surface area contributed by atoms with Crippen molar-refractivity contribution in [2.45, 2.75) is 56.5 Å². The Bertz CT molecular complexity index is 822. The van der Waals surface area contributed by atoms with E-state index in [-0.39, 0.29) is 24.0 Å². The zero-order valence-electron chi connectivity index (χ0n) is 16.8. The summed E-state index contributed by atoms with van der Waals surface area (Å²) in [6, 6.07) is 3.35. The molecule has 0 radical (unpaired) electrons. The summed E-state index contributed by atoms with van der Waals surface area (Å²) in [5.41, 5.74) is 4.34. The standard InChI is InChI=1S/C20H25F4N3O3/c1-19(11-16(20(22,23)24)30-18(25)26-19)14-9-12(3-4-15(14)21)10-17(28)27-7-5-13(29-2)6-8-27/h3-4,9,13,16H,5-8,10-11H2,1-2H3,(H2,25,26)/t16-,19-/m0/s1. The molecule has 2 heterocycles. The van der Waals surface area contributed by atoms with Gasteiger partial charge in [-0.05, 0) is 37.5 Å². The molecule has 2 N–H and O–H groups in total. The summed E-state index contributed by atoms with van der Waals surface area (Å²) < 4.78 is 64.1. The van der Waals surface area contributed by atoms with Gasteiger partial charge < -0.3 is 20.1 Å². The summed E-state index contributed by atoms with van der Waals surface area (Å²) in [6.45, 7) is 2.50. The highest BCUT2D eigenvalue weighted by molar-refractivity contribution is 5.79. The summed E-state index contributed by atoms with van der Waals surface area (Å²) in [4.78, 5) is 18.3. The fourth-order valence-electron chi connectivity index (χ4n) is 3.94. The lowest BCUT2D eigenvalue weighted by Gasteiger charge is -2.36. The molecule has 0 bridgehead atoms. The first-order chi connectivity index (χ1) is 14.0. The van der Waals surface area contributed by atoms with E-state index in [1.807, 2.05) is 0 Å². The minimum atomic E-state index is -4.67. The summed E-state index contributed by atoms with van der Waals surface area (Å²) in [5, 5.41) is 0. The van der Waals surface area contributed by atoms with Crippen LogP contribution in [0, 0.1) is 5.82 Å². The van der Waals surface area contributed by atoms with Gasteiger partial charge in [0.2, 0.25) is 5.91 Å². The number of rotatable bonds is 4. The van der Waals surface area contributed by atoms with Gasteiger partial charge in [0.15, 0.2) is 6.10 Å². The number of ether oxygens (including phenoxy) is 2. The van der Waals surface area contributed by atoms with Crippen molar-refractivity contribution in [3.05, 3.63) is 35.1 Å². The number of benzene rings is 1. The van der Waals surface area contributed by atoms with Crippen molar-refractivity contribution in [1.82, 2.24) is 4.90 Å². The highest BCUT2D eigenvalue weighted by atomic mass is 19.4. The number of piperidine rings is 1. The molecule has 10 heteroatoms. The molecule has 0 unspecified atom stereocenters. The first kappa shape index (κ1) is 22.3. The largest absolute Gasteiger partial charge is 0.452 e. The third kappa shape index (κ3) is 4.85. The maximum atomic E-state index is 14.6. The van der Waals surface area contributed by atoms with Gasteiger partial charge in [-0.2, -0.15) is 13.2 Å². The summed E-state index contributed by atoms with van der Waals surface area (Å²) in [6.07, 6.45) is -5.85. The SMILES string of the molecule is COC1CCN(C(=O)Cc2ccc(F)c([C@]3(C)C[C@@H](C(F)(F)F)OC(N)=N3)c2)CC1. The van der Waals surface area contributed by atoms with Crippen LogP contribution in [0.5, 0.6) is 0 Å². The number of alkyl halides is 3. The van der Waals surface area contributed by atoms with Crippen LogP contribution >= 0.6 is 0 Å². The van der Waals surface area contributed by atoms with Gasteiger partial charge in [-0.25, -0.2) is 9.38 Å². The van der Waals surface area contributed by atoms with Gasteiger partial charge in [-0.3, -0.25) is 4.79 Å². The van der Waals surface area contributed by atoms with Gasteiger partial charge in [-0.1, -0.05) is 6.07 Å². The second-order valence-corrected chi connectivity index (χ2v) is 7.88. The summed E-state index contributed by atoms with van der Waals surface area (Å²) >= 11 is 0. The zero-order valence-corrected chi connectivity index (χ0v) is 16.8. The normalized spacial score (nSPS) is 25.6. The number of amides is 1. The Balaban J connectivity index is 1.80. The Hall–Kier alpha value is -2.36. The molecule has 1 amide bonds. The Labute approximate surface area is 172 Å². The van der Waals surface area contributed by atoms with Crippen molar-refractivity contribution in [2.75, 3.05) is 20.2 Å². The molecular formula is C20H25F4N3O3. The highest BCUT2D eigenvalue weighted by Gasteiger charge is 2.50. The second kappa shape index (κ2) is 8.41. The number of hydrogen-bond acceptors (Lipinski definition) is 5. The van der Waals surface area contributed by atoms with E-state index in [2.05, 4.69) is 9.73 Å². The quantitative estimate of drug-likeness (QED) is 0.744. The fourth-order valence-corrected chi connectivity index (χ4v) is 3.94. The van der Waals surface area contributed by atoms with Gasteiger partial charge in [0.1, 0.15) is 5.82 Å². The van der Waals surface area contributed by atoms with Gasteiger partial charge in [-0.15, -0.1) is 0 Å². The first-order valence-corrected chi connectivity index (χ1v) is 9.70. The van der Waals surface area contributed by atoms with Crippen molar-refractivity contribution in [3.8, 4) is 0 Å². The van der Waals surface area contributed by atoms with Crippen LogP contribution < -0.4 is 5.73 Å². The minimum Gasteiger partial charge on any atom is -0.452 e. The Morgan fingerprint density at radius 3 is 2.63 bits per heavy atom. The maximum absolute atomic E-state index is 14.6. The molecule has 1 saturated heterocycles. The lowest BCUT2D eigenvalue weighted by atomic mass is 9.84. The number of hydrogen-bond donors (Lipinski definition) is 1. The molecule has 30 heavy (non-hydrogen) atoms. The Morgan fingerprint density at radius 2 is 2.03 bits per heavy atom. The number of methoxy groups -OCH3 is 1. The monoisotopic (exact) mass is 431 g/mol. The third-order valence-corrected chi connectivity index (χ3v) is 5.66. The molecular weight excluding hydrogens is 406 g/mol. The van der Waals surface area contributed by atoms with Crippen LogP contribution in [0.2, 0.25) is 0 Å². The lowest BCUT2D eigenvalue weighted by molar-refractivity contribution is -0.208. The van der Waals surface area contributed by atoms with Gasteiger partial charge in [0, 0.05) is 32.2 Å². The fraction of sp³-hybridized carbons (Fsp3) is 0.600. The number of carbonyl (C=O) groups is 1. The molecule has 1 aromatic rings. The average molecular weight is 431 g/mol. The van der Waals surface area contributed by atoms with Crippen molar-refractivity contribution < 1.29 is 31.8 Å². The third-order valence-electron chi connectivity index (χ3n) is 5.66. The Kier molecular flexibility index (Phi) is 6.26. The molecule has 1 fully saturated rings. The van der Waals surface area contributed by atoms with Gasteiger partial charge in [0.25, 0.3) is 6.02 Å². The van der Waals surface area contributed by atoms with E-state index in [0.717, 1.165) is 18.9 Å². The van der Waals surface area contributed by atoms with Crippen LogP contribution in [0.3, 0.4) is 0 Å². The molecule has 166 valence electrons. The number of amidine groups is 1. The van der Waals surface area contributed by atoms with E-state index in [4.69, 9.17) is 10.5 Å². The Morgan fingerprint density at radius 1 is 1.37 bits per heavy atom. The van der Waals surface area contributed by atoms with Crippen LogP contribution in [0.15, 0.2) is 23.2 Å². The molecule has 2 aliphatic heterocycles. The maximum Gasteiger partial charge on any atom is 0.425 e. The predicted octanol–water partition coefficient (Wildman–Crippen LogP) is 2.89. The molecule has 0 aliphatic carbocycles. The van der Waals surface area contributed by atoms with Crippen molar-refractivity contribution in [2.24, 2.45) is 10.7 Å². The van der Waals surface area contributed by atoms with E-state index < -0.39 is 36.1 Å². The molecule has 1 aromatic carbocycles. The van der Waals surface area contributed by atoms with Crippen LogP contribution in [0.25, 0.3) is 0 Å². The zero-order chi connectivity index (χ0) is 22.1. The van der Waals surface area contributed by atoms with Gasteiger partial charge in [0.05, 0.1) is 18.1 Å². The number of nitrogens with zero attached hydrogens (tertiary/aromatic N) is 2. The van der Waals surface area contributed by atoms with E-state index in [9.17, 15) is 22.4 Å². The molecule has 2 atom stereocenters. The highest BCUT2D eigenvalue weighted by Crippen LogP contribution is 2.41. The van der Waals surface area contributed by atoms with Gasteiger partial charge >= 0.3 is 6.18 Å². The van der Waals surface area contributed by atoms with E-state index >= 15 is 0 Å². The van der Waals surface area contributed by atoms with Crippen LogP contribution in [0.1, 0.15) is 37.3 Å². The minimum absolute atomic E-state index is 0.0133. The number of halogens is 4. The van der Waals surface area contributed by atoms with E-state index in [1.165, 1.54) is 19.1 Å². The van der Waals surface area contributed by atoms with Crippen LogP contribution in [0.4, 0.5) is 17.6 Å². The van der Waals surface area contributed by atoms with E-state index in [1.54, 1.807) is 12.0 Å². The average Bonchev–Trinajstić information content (AvgIpc) is 2.68. The summed E-state index contributed by atoms with van der Waals surface area (Å²) in [5.74, 6) is -0.843. The van der Waals surface area contributed by atoms with Crippen LogP contribution in [-0.4, -0.2) is 55.4 Å². The molecule has 6 nitrogen and oxygen atoms in total. The van der Waals surface area contributed by atoms with Crippen molar-refractivity contribution in [1.29, 1.82) is 0 Å². The summed E-state index contributed by atoms with van der Waals surface area (Å²) in [7, 11) is 1.64. The number of likely N-dealkylation sites (tertiary alicyclic amines) is 1. The topological polar surface area (TPSA) is 77.1 Å². The van der Waals surface area contributed by atoms with Crippen molar-refractivity contribution in [3.63, 3.8) is 0 Å².